The minimum atomic E-state index is -0.306. The Morgan fingerprint density at radius 1 is 1.40 bits per heavy atom. The van der Waals surface area contributed by atoms with Crippen LogP contribution in [0.1, 0.15) is 25.7 Å². The fourth-order valence-electron chi connectivity index (χ4n) is 2.09. The van der Waals surface area contributed by atoms with E-state index in [1.54, 1.807) is 0 Å². The zero-order chi connectivity index (χ0) is 10.7. The quantitative estimate of drug-likeness (QED) is 0.556. The van der Waals surface area contributed by atoms with E-state index in [4.69, 9.17) is 0 Å². The van der Waals surface area contributed by atoms with E-state index >= 15 is 0 Å². The number of amides is 2. The minimum absolute atomic E-state index is 0.0167. The van der Waals surface area contributed by atoms with Crippen LogP contribution < -0.4 is 16.0 Å². The third kappa shape index (κ3) is 2.68. The van der Waals surface area contributed by atoms with Crippen LogP contribution in [0.2, 0.25) is 0 Å². The zero-order valence-electron chi connectivity index (χ0n) is 8.71. The van der Waals surface area contributed by atoms with E-state index in [-0.39, 0.29) is 23.9 Å². The average Bonchev–Trinajstić information content (AvgIpc) is 2.66. The molecule has 2 saturated heterocycles. The highest BCUT2D eigenvalue weighted by Crippen LogP contribution is 2.08. The Kier molecular flexibility index (Phi) is 3.20. The van der Waals surface area contributed by atoms with Gasteiger partial charge in [-0.25, -0.2) is 0 Å². The number of carbonyl (C=O) groups excluding carboxylic acids is 2. The summed E-state index contributed by atoms with van der Waals surface area (Å²) in [6.45, 7) is 1.87. The average molecular weight is 211 g/mol. The first-order valence-corrected chi connectivity index (χ1v) is 5.56. The summed E-state index contributed by atoms with van der Waals surface area (Å²) < 4.78 is 0. The number of nitrogens with one attached hydrogen (secondary N) is 3. The summed E-state index contributed by atoms with van der Waals surface area (Å²) in [5, 5.41) is 8.87. The maximum Gasteiger partial charge on any atom is 0.242 e. The molecular formula is C10H17N3O2. The first-order chi connectivity index (χ1) is 7.25. The van der Waals surface area contributed by atoms with E-state index in [9.17, 15) is 9.59 Å². The van der Waals surface area contributed by atoms with E-state index in [1.807, 2.05) is 0 Å². The van der Waals surface area contributed by atoms with Gasteiger partial charge in [-0.05, 0) is 25.8 Å². The van der Waals surface area contributed by atoms with Crippen molar-refractivity contribution >= 4 is 11.8 Å². The van der Waals surface area contributed by atoms with Crippen molar-refractivity contribution in [3.8, 4) is 0 Å². The number of rotatable bonds is 2. The van der Waals surface area contributed by atoms with Gasteiger partial charge >= 0.3 is 0 Å². The van der Waals surface area contributed by atoms with Gasteiger partial charge in [-0.2, -0.15) is 0 Å². The lowest BCUT2D eigenvalue weighted by Crippen LogP contribution is -2.50. The lowest BCUT2D eigenvalue weighted by Gasteiger charge is -2.25. The number of carbonyl (C=O) groups is 2. The molecule has 0 aromatic carbocycles. The molecule has 0 aromatic heterocycles. The normalized spacial score (nSPS) is 31.1. The fraction of sp³-hybridized carbons (Fsp3) is 0.800. The predicted molar refractivity (Wildman–Crippen MR) is 55.2 cm³/mol. The molecule has 84 valence electrons. The second kappa shape index (κ2) is 4.61. The van der Waals surface area contributed by atoms with E-state index in [1.165, 1.54) is 0 Å². The Labute approximate surface area is 89.0 Å². The second-order valence-electron chi connectivity index (χ2n) is 4.21. The number of piperidine rings is 1. The topological polar surface area (TPSA) is 70.2 Å². The number of hydrogen-bond acceptors (Lipinski definition) is 3. The molecule has 2 amide bonds. The highest BCUT2D eigenvalue weighted by molar-refractivity contribution is 5.90. The Morgan fingerprint density at radius 2 is 2.27 bits per heavy atom. The molecule has 2 fully saturated rings. The molecule has 0 aromatic rings. The lowest BCUT2D eigenvalue weighted by atomic mass is 10.1. The lowest BCUT2D eigenvalue weighted by molar-refractivity contribution is -0.126. The Hall–Kier alpha value is -1.10. The van der Waals surface area contributed by atoms with Crippen LogP contribution in [-0.4, -0.2) is 37.0 Å². The van der Waals surface area contributed by atoms with Gasteiger partial charge in [-0.3, -0.25) is 9.59 Å². The Bertz CT molecular complexity index is 261. The molecule has 0 spiro atoms. The van der Waals surface area contributed by atoms with Gasteiger partial charge < -0.3 is 16.0 Å². The molecule has 0 bridgehead atoms. The molecule has 2 rings (SSSR count). The minimum Gasteiger partial charge on any atom is -0.350 e. The van der Waals surface area contributed by atoms with Crippen LogP contribution in [0.15, 0.2) is 0 Å². The fourth-order valence-corrected chi connectivity index (χ4v) is 2.09. The molecule has 0 aliphatic carbocycles. The van der Waals surface area contributed by atoms with Gasteiger partial charge in [0.15, 0.2) is 0 Å². The standard InChI is InChI=1S/C10H17N3O2/c14-9-4-3-8(13-9)10(15)12-7-2-1-5-11-6-7/h7-8,11H,1-6H2,(H,12,15)(H,13,14)/t7-,8+/m1/s1. The van der Waals surface area contributed by atoms with Crippen molar-refractivity contribution in [3.63, 3.8) is 0 Å². The van der Waals surface area contributed by atoms with Crippen LogP contribution >= 0.6 is 0 Å². The molecule has 2 heterocycles. The summed E-state index contributed by atoms with van der Waals surface area (Å²) in [5.41, 5.74) is 0. The molecule has 15 heavy (non-hydrogen) atoms. The van der Waals surface area contributed by atoms with Crippen LogP contribution in [-0.2, 0) is 9.59 Å². The van der Waals surface area contributed by atoms with E-state index < -0.39 is 0 Å². The smallest absolute Gasteiger partial charge is 0.242 e. The molecule has 0 radical (unpaired) electrons. The SMILES string of the molecule is O=C1CC[C@@H](C(=O)N[C@@H]2CCCNC2)N1. The van der Waals surface area contributed by atoms with Gasteiger partial charge in [0.1, 0.15) is 6.04 Å². The van der Waals surface area contributed by atoms with E-state index in [0.717, 1.165) is 25.9 Å². The molecule has 5 heteroatoms. The highest BCUT2D eigenvalue weighted by atomic mass is 16.2. The highest BCUT2D eigenvalue weighted by Gasteiger charge is 2.28. The van der Waals surface area contributed by atoms with Crippen molar-refractivity contribution < 1.29 is 9.59 Å². The summed E-state index contributed by atoms with van der Waals surface area (Å²) in [6, 6.07) is -0.0804. The third-order valence-corrected chi connectivity index (χ3v) is 2.96. The summed E-state index contributed by atoms with van der Waals surface area (Å²) in [4.78, 5) is 22.7. The summed E-state index contributed by atoms with van der Waals surface area (Å²) in [5.74, 6) is -0.0496. The largest absolute Gasteiger partial charge is 0.350 e. The first-order valence-electron chi connectivity index (χ1n) is 5.56. The van der Waals surface area contributed by atoms with Gasteiger partial charge in [0.25, 0.3) is 0 Å². The van der Waals surface area contributed by atoms with Crippen LogP contribution in [0.3, 0.4) is 0 Å². The summed E-state index contributed by atoms with van der Waals surface area (Å²) >= 11 is 0. The second-order valence-corrected chi connectivity index (χ2v) is 4.21. The van der Waals surface area contributed by atoms with Crippen LogP contribution in [0.5, 0.6) is 0 Å². The molecule has 3 N–H and O–H groups in total. The van der Waals surface area contributed by atoms with Gasteiger partial charge in [-0.1, -0.05) is 0 Å². The van der Waals surface area contributed by atoms with E-state index in [0.29, 0.717) is 12.8 Å². The maximum atomic E-state index is 11.7. The zero-order valence-corrected chi connectivity index (χ0v) is 8.71. The molecule has 2 atom stereocenters. The van der Waals surface area contributed by atoms with Gasteiger partial charge in [-0.15, -0.1) is 0 Å². The third-order valence-electron chi connectivity index (χ3n) is 2.96. The van der Waals surface area contributed by atoms with Crippen LogP contribution in [0.4, 0.5) is 0 Å². The van der Waals surface area contributed by atoms with Crippen LogP contribution in [0.25, 0.3) is 0 Å². The molecule has 0 saturated carbocycles. The van der Waals surface area contributed by atoms with Crippen molar-refractivity contribution in [1.29, 1.82) is 0 Å². The van der Waals surface area contributed by atoms with Gasteiger partial charge in [0.2, 0.25) is 11.8 Å². The predicted octanol–water partition coefficient (Wildman–Crippen LogP) is -0.867. The molecule has 5 nitrogen and oxygen atoms in total. The van der Waals surface area contributed by atoms with Crippen molar-refractivity contribution in [3.05, 3.63) is 0 Å². The van der Waals surface area contributed by atoms with E-state index in [2.05, 4.69) is 16.0 Å². The van der Waals surface area contributed by atoms with Crippen molar-refractivity contribution in [2.24, 2.45) is 0 Å². The molecule has 0 unspecified atom stereocenters. The van der Waals surface area contributed by atoms with Gasteiger partial charge in [0, 0.05) is 19.0 Å². The van der Waals surface area contributed by atoms with Crippen molar-refractivity contribution in [2.75, 3.05) is 13.1 Å². The monoisotopic (exact) mass is 211 g/mol. The molecular weight excluding hydrogens is 194 g/mol. The first kappa shape index (κ1) is 10.4. The van der Waals surface area contributed by atoms with Crippen LogP contribution in [0, 0.1) is 0 Å². The summed E-state index contributed by atoms with van der Waals surface area (Å²) in [7, 11) is 0. The number of hydrogen-bond donors (Lipinski definition) is 3. The van der Waals surface area contributed by atoms with Gasteiger partial charge in [0.05, 0.1) is 0 Å². The Balaban J connectivity index is 1.78. The Morgan fingerprint density at radius 3 is 2.87 bits per heavy atom. The summed E-state index contributed by atoms with van der Waals surface area (Å²) in [6.07, 6.45) is 3.23. The molecule has 2 aliphatic rings. The maximum absolute atomic E-state index is 11.7. The molecule has 2 aliphatic heterocycles. The van der Waals surface area contributed by atoms with Crippen molar-refractivity contribution in [2.45, 2.75) is 37.8 Å². The van der Waals surface area contributed by atoms with Crippen molar-refractivity contribution in [1.82, 2.24) is 16.0 Å².